The lowest BCUT2D eigenvalue weighted by Gasteiger charge is -2.36. The zero-order valence-electron chi connectivity index (χ0n) is 11.2. The molecule has 3 nitrogen and oxygen atoms in total. The molecule has 2 aliphatic rings. The van der Waals surface area contributed by atoms with Gasteiger partial charge in [-0.25, -0.2) is 0 Å². The van der Waals surface area contributed by atoms with Gasteiger partial charge in [0.2, 0.25) is 5.91 Å². The Labute approximate surface area is 105 Å². The van der Waals surface area contributed by atoms with E-state index in [0.29, 0.717) is 11.5 Å². The van der Waals surface area contributed by atoms with E-state index in [0.717, 1.165) is 25.8 Å². The van der Waals surface area contributed by atoms with E-state index in [2.05, 4.69) is 24.5 Å². The van der Waals surface area contributed by atoms with E-state index < -0.39 is 0 Å². The zero-order valence-corrected chi connectivity index (χ0v) is 11.2. The first-order valence-corrected chi connectivity index (χ1v) is 7.11. The maximum atomic E-state index is 12.1. The number of nitrogens with one attached hydrogen (secondary N) is 2. The maximum Gasteiger partial charge on any atom is 0.237 e. The Bertz CT molecular complexity index is 269. The van der Waals surface area contributed by atoms with Gasteiger partial charge in [-0.15, -0.1) is 0 Å². The maximum absolute atomic E-state index is 12.1. The minimum absolute atomic E-state index is 0.0637. The van der Waals surface area contributed by atoms with Crippen LogP contribution in [-0.2, 0) is 4.79 Å². The summed E-state index contributed by atoms with van der Waals surface area (Å²) in [5.74, 6) is 0.229. The Morgan fingerprint density at radius 1 is 1.24 bits per heavy atom. The number of hydrogen-bond acceptors (Lipinski definition) is 2. The van der Waals surface area contributed by atoms with Crippen molar-refractivity contribution in [3.63, 3.8) is 0 Å². The Balaban J connectivity index is 1.81. The Hall–Kier alpha value is -0.570. The molecule has 0 spiro atoms. The standard InChI is InChI=1S/C14H26N2O/c1-14(2)8-5-6-11(10-14)16-13(17)12-7-3-4-9-15-12/h11-12,15H,3-10H2,1-2H3,(H,16,17)/t11?,12-/m1/s1. The summed E-state index contributed by atoms with van der Waals surface area (Å²) < 4.78 is 0. The van der Waals surface area contributed by atoms with E-state index in [1.807, 2.05) is 0 Å². The number of carbonyl (C=O) groups is 1. The van der Waals surface area contributed by atoms with Crippen LogP contribution in [-0.4, -0.2) is 24.5 Å². The molecule has 0 radical (unpaired) electrons. The van der Waals surface area contributed by atoms with Gasteiger partial charge in [-0.2, -0.15) is 0 Å². The van der Waals surface area contributed by atoms with Crippen LogP contribution in [0.15, 0.2) is 0 Å². The third-order valence-corrected chi connectivity index (χ3v) is 4.18. The van der Waals surface area contributed by atoms with Crippen molar-refractivity contribution in [2.45, 2.75) is 70.9 Å². The molecule has 1 unspecified atom stereocenters. The molecule has 0 aromatic heterocycles. The van der Waals surface area contributed by atoms with Crippen LogP contribution in [0.5, 0.6) is 0 Å². The van der Waals surface area contributed by atoms with Crippen LogP contribution in [0.4, 0.5) is 0 Å². The van der Waals surface area contributed by atoms with Crippen molar-refractivity contribution in [2.75, 3.05) is 6.54 Å². The molecule has 2 atom stereocenters. The molecule has 0 aromatic carbocycles. The van der Waals surface area contributed by atoms with E-state index in [1.165, 1.54) is 25.7 Å². The molecule has 1 saturated carbocycles. The minimum Gasteiger partial charge on any atom is -0.352 e. The van der Waals surface area contributed by atoms with E-state index in [4.69, 9.17) is 0 Å². The molecule has 1 aliphatic heterocycles. The average Bonchev–Trinajstić information content (AvgIpc) is 2.29. The lowest BCUT2D eigenvalue weighted by Crippen LogP contribution is -2.51. The highest BCUT2D eigenvalue weighted by molar-refractivity contribution is 5.82. The van der Waals surface area contributed by atoms with E-state index in [9.17, 15) is 4.79 Å². The van der Waals surface area contributed by atoms with Crippen LogP contribution in [0.2, 0.25) is 0 Å². The van der Waals surface area contributed by atoms with Gasteiger partial charge in [0.1, 0.15) is 0 Å². The molecule has 1 aliphatic carbocycles. The van der Waals surface area contributed by atoms with E-state index in [-0.39, 0.29) is 11.9 Å². The van der Waals surface area contributed by atoms with Crippen LogP contribution in [0, 0.1) is 5.41 Å². The van der Waals surface area contributed by atoms with Crippen LogP contribution < -0.4 is 10.6 Å². The summed E-state index contributed by atoms with van der Waals surface area (Å²) in [6, 6.07) is 0.462. The summed E-state index contributed by atoms with van der Waals surface area (Å²) in [4.78, 5) is 12.1. The highest BCUT2D eigenvalue weighted by atomic mass is 16.2. The second-order valence-electron chi connectivity index (χ2n) is 6.47. The first-order chi connectivity index (χ1) is 8.07. The van der Waals surface area contributed by atoms with Gasteiger partial charge in [0.15, 0.2) is 0 Å². The Kier molecular flexibility index (Phi) is 4.08. The average molecular weight is 238 g/mol. The van der Waals surface area contributed by atoms with Gasteiger partial charge < -0.3 is 10.6 Å². The van der Waals surface area contributed by atoms with Gasteiger partial charge in [0.05, 0.1) is 6.04 Å². The largest absolute Gasteiger partial charge is 0.352 e. The second kappa shape index (κ2) is 5.38. The van der Waals surface area contributed by atoms with Gasteiger partial charge in [-0.3, -0.25) is 4.79 Å². The lowest BCUT2D eigenvalue weighted by atomic mass is 9.75. The molecule has 17 heavy (non-hydrogen) atoms. The van der Waals surface area contributed by atoms with E-state index in [1.54, 1.807) is 0 Å². The normalized spacial score (nSPS) is 33.1. The van der Waals surface area contributed by atoms with Crippen molar-refractivity contribution >= 4 is 5.91 Å². The summed E-state index contributed by atoms with van der Waals surface area (Å²) in [5, 5.41) is 6.56. The molecular weight excluding hydrogens is 212 g/mol. The van der Waals surface area contributed by atoms with E-state index >= 15 is 0 Å². The first kappa shape index (κ1) is 12.9. The fourth-order valence-corrected chi connectivity index (χ4v) is 3.20. The van der Waals surface area contributed by atoms with Crippen LogP contribution in [0.3, 0.4) is 0 Å². The third kappa shape index (κ3) is 3.70. The van der Waals surface area contributed by atoms with Gasteiger partial charge in [-0.05, 0) is 44.1 Å². The highest BCUT2D eigenvalue weighted by Crippen LogP contribution is 2.35. The summed E-state index contributed by atoms with van der Waals surface area (Å²) in [5.41, 5.74) is 0.399. The molecule has 2 N–H and O–H groups in total. The SMILES string of the molecule is CC1(C)CCCC(NC(=O)[C@H]2CCCCN2)C1. The predicted molar refractivity (Wildman–Crippen MR) is 69.8 cm³/mol. The van der Waals surface area contributed by atoms with Gasteiger partial charge in [0, 0.05) is 6.04 Å². The molecule has 1 amide bonds. The van der Waals surface area contributed by atoms with Crippen molar-refractivity contribution in [3.8, 4) is 0 Å². The summed E-state index contributed by atoms with van der Waals surface area (Å²) >= 11 is 0. The zero-order chi connectivity index (χ0) is 12.3. The summed E-state index contributed by atoms with van der Waals surface area (Å²) in [7, 11) is 0. The monoisotopic (exact) mass is 238 g/mol. The predicted octanol–water partition coefficient (Wildman–Crippen LogP) is 2.21. The molecule has 0 bridgehead atoms. The highest BCUT2D eigenvalue weighted by Gasteiger charge is 2.30. The fourth-order valence-electron chi connectivity index (χ4n) is 3.20. The van der Waals surface area contributed by atoms with Crippen molar-refractivity contribution in [1.82, 2.24) is 10.6 Å². The molecule has 2 fully saturated rings. The van der Waals surface area contributed by atoms with Crippen molar-refractivity contribution < 1.29 is 4.79 Å². The summed E-state index contributed by atoms with van der Waals surface area (Å²) in [6.45, 7) is 5.61. The molecule has 2 rings (SSSR count). The quantitative estimate of drug-likeness (QED) is 0.774. The number of piperidine rings is 1. The Morgan fingerprint density at radius 2 is 2.06 bits per heavy atom. The van der Waals surface area contributed by atoms with Crippen molar-refractivity contribution in [3.05, 3.63) is 0 Å². The topological polar surface area (TPSA) is 41.1 Å². The van der Waals surface area contributed by atoms with Crippen molar-refractivity contribution in [1.29, 1.82) is 0 Å². The number of rotatable bonds is 2. The van der Waals surface area contributed by atoms with Crippen LogP contribution in [0.25, 0.3) is 0 Å². The van der Waals surface area contributed by atoms with Gasteiger partial charge in [-0.1, -0.05) is 26.7 Å². The number of amides is 1. The van der Waals surface area contributed by atoms with Crippen LogP contribution in [0.1, 0.15) is 58.8 Å². The van der Waals surface area contributed by atoms with Gasteiger partial charge >= 0.3 is 0 Å². The molecular formula is C14H26N2O. The molecule has 98 valence electrons. The molecule has 0 aromatic rings. The molecule has 3 heteroatoms. The van der Waals surface area contributed by atoms with Crippen LogP contribution >= 0.6 is 0 Å². The molecule has 1 heterocycles. The third-order valence-electron chi connectivity index (χ3n) is 4.18. The summed E-state index contributed by atoms with van der Waals surface area (Å²) in [6.07, 6.45) is 8.22. The number of hydrogen-bond donors (Lipinski definition) is 2. The number of carbonyl (C=O) groups excluding carboxylic acids is 1. The smallest absolute Gasteiger partial charge is 0.237 e. The van der Waals surface area contributed by atoms with Gasteiger partial charge in [0.25, 0.3) is 0 Å². The molecule has 1 saturated heterocycles. The fraction of sp³-hybridized carbons (Fsp3) is 0.929. The lowest BCUT2D eigenvalue weighted by molar-refractivity contribution is -0.124. The Morgan fingerprint density at radius 3 is 2.71 bits per heavy atom. The second-order valence-corrected chi connectivity index (χ2v) is 6.47. The first-order valence-electron chi connectivity index (χ1n) is 7.11. The van der Waals surface area contributed by atoms with Crippen molar-refractivity contribution in [2.24, 2.45) is 5.41 Å². The minimum atomic E-state index is 0.0637.